The SMILES string of the molecule is CCNC(=O)Nc1nc2cc(-c3ccn(-c4ccn(CC5CCCN(C(=O)O)C5C(C)(C)C)c(=O)c4)c(=O)c3)c(F)cc2s1. The van der Waals surface area contributed by atoms with Crippen molar-refractivity contribution in [1.82, 2.24) is 24.3 Å². The van der Waals surface area contributed by atoms with Gasteiger partial charge in [0.05, 0.1) is 15.9 Å². The zero-order valence-corrected chi connectivity index (χ0v) is 25.8. The number of likely N-dealkylation sites (tertiary alicyclic amines) is 1. The summed E-state index contributed by atoms with van der Waals surface area (Å²) in [5, 5.41) is 15.3. The van der Waals surface area contributed by atoms with Crippen LogP contribution < -0.4 is 21.8 Å². The van der Waals surface area contributed by atoms with Crippen LogP contribution in [-0.4, -0.2) is 55.4 Å². The van der Waals surface area contributed by atoms with Crippen LogP contribution in [0.4, 0.5) is 19.1 Å². The molecule has 0 spiro atoms. The molecule has 11 nitrogen and oxygen atoms in total. The van der Waals surface area contributed by atoms with Crippen LogP contribution in [0.15, 0.2) is 58.4 Å². The van der Waals surface area contributed by atoms with Gasteiger partial charge in [-0.1, -0.05) is 32.1 Å². The number of carbonyl (C=O) groups excluding carboxylic acids is 1. The Morgan fingerprint density at radius 2 is 1.89 bits per heavy atom. The molecule has 1 aromatic carbocycles. The smallest absolute Gasteiger partial charge is 0.407 e. The lowest BCUT2D eigenvalue weighted by Crippen LogP contribution is -2.55. The second kappa shape index (κ2) is 12.2. The van der Waals surface area contributed by atoms with E-state index < -0.39 is 23.5 Å². The summed E-state index contributed by atoms with van der Waals surface area (Å²) in [6.07, 6.45) is 3.69. The largest absolute Gasteiger partial charge is 0.465 e. The molecule has 4 aromatic rings. The summed E-state index contributed by atoms with van der Waals surface area (Å²) in [5.74, 6) is -0.584. The first-order valence-electron chi connectivity index (χ1n) is 14.4. The van der Waals surface area contributed by atoms with E-state index in [0.717, 1.165) is 24.2 Å². The van der Waals surface area contributed by atoms with Crippen LogP contribution in [-0.2, 0) is 6.54 Å². The van der Waals surface area contributed by atoms with Crippen LogP contribution in [0, 0.1) is 17.2 Å². The maximum atomic E-state index is 15.1. The highest BCUT2D eigenvalue weighted by molar-refractivity contribution is 7.22. The summed E-state index contributed by atoms with van der Waals surface area (Å²) < 4.78 is 18.5. The molecule has 3 N–H and O–H groups in total. The Balaban J connectivity index is 1.39. The molecule has 4 heterocycles. The van der Waals surface area contributed by atoms with E-state index in [1.807, 2.05) is 20.8 Å². The summed E-state index contributed by atoms with van der Waals surface area (Å²) in [4.78, 5) is 55.9. The number of nitrogens with zero attached hydrogens (tertiary/aromatic N) is 4. The maximum Gasteiger partial charge on any atom is 0.407 e. The molecule has 5 rings (SSSR count). The van der Waals surface area contributed by atoms with E-state index in [1.165, 1.54) is 39.9 Å². The van der Waals surface area contributed by atoms with Crippen molar-refractivity contribution < 1.29 is 19.1 Å². The third kappa shape index (κ3) is 6.37. The normalized spacial score (nSPS) is 17.1. The lowest BCUT2D eigenvalue weighted by atomic mass is 9.74. The molecule has 44 heavy (non-hydrogen) atoms. The summed E-state index contributed by atoms with van der Waals surface area (Å²) in [7, 11) is 0. The second-order valence-electron chi connectivity index (χ2n) is 12.0. The number of thiazole rings is 1. The third-order valence-electron chi connectivity index (χ3n) is 7.84. The standard InChI is InChI=1S/C31H35FN6O5S/c1-5-33-28(41)35-29-34-23-15-21(22(32)16-24(23)44-29)18-8-12-37(26(40)13-18)20-9-11-36(25(39)14-20)17-19-7-6-10-38(30(42)43)27(19)31(2,3)4/h8-9,11-16,19,27H,5-7,10,17H2,1-4H3,(H,42,43)(H2,33,34,35,41). The molecule has 1 saturated heterocycles. The fraction of sp³-hybridized carbons (Fsp3) is 0.387. The quantitative estimate of drug-likeness (QED) is 0.265. The van der Waals surface area contributed by atoms with Gasteiger partial charge in [0.2, 0.25) is 0 Å². The number of anilines is 1. The Hall–Kier alpha value is -4.52. The van der Waals surface area contributed by atoms with Crippen LogP contribution in [0.5, 0.6) is 0 Å². The molecule has 232 valence electrons. The van der Waals surface area contributed by atoms with Gasteiger partial charge in [0, 0.05) is 55.8 Å². The molecule has 0 aliphatic carbocycles. The molecule has 2 unspecified atom stereocenters. The number of benzene rings is 1. The fourth-order valence-corrected chi connectivity index (χ4v) is 6.96. The van der Waals surface area contributed by atoms with E-state index in [4.69, 9.17) is 0 Å². The predicted molar refractivity (Wildman–Crippen MR) is 168 cm³/mol. The van der Waals surface area contributed by atoms with Gasteiger partial charge in [-0.15, -0.1) is 0 Å². The summed E-state index contributed by atoms with van der Waals surface area (Å²) in [5.41, 5.74) is 0.299. The zero-order valence-electron chi connectivity index (χ0n) is 25.0. The van der Waals surface area contributed by atoms with Crippen LogP contribution >= 0.6 is 11.3 Å². The first kappa shape index (κ1) is 30.9. The van der Waals surface area contributed by atoms with Gasteiger partial charge in [-0.2, -0.15) is 0 Å². The maximum absolute atomic E-state index is 15.1. The van der Waals surface area contributed by atoms with E-state index in [0.29, 0.717) is 46.2 Å². The molecule has 0 bridgehead atoms. The van der Waals surface area contributed by atoms with E-state index in [2.05, 4.69) is 15.6 Å². The highest BCUT2D eigenvalue weighted by atomic mass is 32.1. The van der Waals surface area contributed by atoms with Crippen molar-refractivity contribution in [2.45, 2.75) is 53.1 Å². The Kier molecular flexibility index (Phi) is 8.60. The van der Waals surface area contributed by atoms with Crippen molar-refractivity contribution >= 4 is 38.8 Å². The van der Waals surface area contributed by atoms with Crippen LogP contribution in [0.3, 0.4) is 0 Å². The number of aromatic nitrogens is 3. The van der Waals surface area contributed by atoms with E-state index in [1.54, 1.807) is 29.8 Å². The molecule has 1 aliphatic heterocycles. The predicted octanol–water partition coefficient (Wildman–Crippen LogP) is 5.36. The van der Waals surface area contributed by atoms with Gasteiger partial charge in [-0.25, -0.2) is 19.0 Å². The minimum absolute atomic E-state index is 0.0456. The molecule has 0 radical (unpaired) electrons. The van der Waals surface area contributed by atoms with Crippen LogP contribution in [0.1, 0.15) is 40.5 Å². The third-order valence-corrected chi connectivity index (χ3v) is 8.78. The number of halogens is 1. The molecule has 13 heteroatoms. The van der Waals surface area contributed by atoms with Gasteiger partial charge in [-0.3, -0.25) is 19.5 Å². The average Bonchev–Trinajstić information content (AvgIpc) is 3.33. The molecule has 3 amide bonds. The van der Waals surface area contributed by atoms with Gasteiger partial charge < -0.3 is 19.9 Å². The lowest BCUT2D eigenvalue weighted by Gasteiger charge is -2.47. The minimum Gasteiger partial charge on any atom is -0.465 e. The topological polar surface area (TPSA) is 139 Å². The lowest BCUT2D eigenvalue weighted by molar-refractivity contribution is 0.0169. The van der Waals surface area contributed by atoms with Crippen LogP contribution in [0.2, 0.25) is 0 Å². The molecule has 1 aliphatic rings. The van der Waals surface area contributed by atoms with Crippen molar-refractivity contribution in [2.24, 2.45) is 11.3 Å². The number of fused-ring (bicyclic) bond motifs is 1. The van der Waals surface area contributed by atoms with Gasteiger partial charge >= 0.3 is 12.1 Å². The molecule has 1 fully saturated rings. The number of piperidine rings is 1. The van der Waals surface area contributed by atoms with E-state index in [-0.39, 0.29) is 28.5 Å². The monoisotopic (exact) mass is 622 g/mol. The molecule has 2 atom stereocenters. The van der Waals surface area contributed by atoms with Crippen molar-refractivity contribution in [2.75, 3.05) is 18.4 Å². The number of carboxylic acid groups (broad SMARTS) is 1. The highest BCUT2D eigenvalue weighted by Gasteiger charge is 2.41. The Morgan fingerprint density at radius 1 is 1.11 bits per heavy atom. The molecular weight excluding hydrogens is 587 g/mol. The molecule has 0 saturated carbocycles. The first-order valence-corrected chi connectivity index (χ1v) is 15.3. The Morgan fingerprint density at radius 3 is 2.55 bits per heavy atom. The number of hydrogen-bond donors (Lipinski definition) is 3. The fourth-order valence-electron chi connectivity index (χ4n) is 6.09. The number of nitrogens with one attached hydrogen (secondary N) is 2. The van der Waals surface area contributed by atoms with Crippen molar-refractivity contribution in [3.63, 3.8) is 0 Å². The minimum atomic E-state index is -0.954. The number of rotatable bonds is 6. The molecule has 3 aromatic heterocycles. The Labute approximate surface area is 257 Å². The first-order chi connectivity index (χ1) is 20.8. The summed E-state index contributed by atoms with van der Waals surface area (Å²) in [6, 6.07) is 8.13. The van der Waals surface area contributed by atoms with E-state index >= 15 is 4.39 Å². The van der Waals surface area contributed by atoms with E-state index in [9.17, 15) is 24.3 Å². The zero-order chi connectivity index (χ0) is 31.8. The van der Waals surface area contributed by atoms with Gasteiger partial charge in [0.15, 0.2) is 5.13 Å². The number of urea groups is 1. The average molecular weight is 623 g/mol. The Bertz CT molecular complexity index is 1840. The summed E-state index contributed by atoms with van der Waals surface area (Å²) in [6.45, 7) is 9.10. The summed E-state index contributed by atoms with van der Waals surface area (Å²) >= 11 is 1.14. The van der Waals surface area contributed by atoms with Gasteiger partial charge in [-0.05, 0) is 60.9 Å². The van der Waals surface area contributed by atoms with Crippen molar-refractivity contribution in [3.8, 4) is 16.8 Å². The number of amides is 3. The second-order valence-corrected chi connectivity index (χ2v) is 13.0. The molecular formula is C31H35FN6O5S. The number of pyridine rings is 2. The number of carbonyl (C=O) groups is 2. The highest BCUT2D eigenvalue weighted by Crippen LogP contribution is 2.37. The van der Waals surface area contributed by atoms with Gasteiger partial charge in [0.25, 0.3) is 11.1 Å². The number of hydrogen-bond acceptors (Lipinski definition) is 6. The van der Waals surface area contributed by atoms with Crippen LogP contribution in [0.25, 0.3) is 27.0 Å². The van der Waals surface area contributed by atoms with Gasteiger partial charge in [0.1, 0.15) is 5.82 Å². The van der Waals surface area contributed by atoms with Crippen molar-refractivity contribution in [1.29, 1.82) is 0 Å². The van der Waals surface area contributed by atoms with Crippen molar-refractivity contribution in [3.05, 3.63) is 75.3 Å².